The van der Waals surface area contributed by atoms with Gasteiger partial charge in [0.25, 0.3) is 5.69 Å². The van der Waals surface area contributed by atoms with Gasteiger partial charge >= 0.3 is 0 Å². The summed E-state index contributed by atoms with van der Waals surface area (Å²) >= 11 is 0. The van der Waals surface area contributed by atoms with Gasteiger partial charge in [0.1, 0.15) is 0 Å². The molecule has 1 aromatic rings. The molecule has 0 saturated carbocycles. The van der Waals surface area contributed by atoms with Crippen molar-refractivity contribution in [1.29, 1.82) is 0 Å². The Kier molecular flexibility index (Phi) is 3.17. The minimum atomic E-state index is -0.422. The Bertz CT molecular complexity index is 376. The monoisotopic (exact) mass is 223 g/mol. The van der Waals surface area contributed by atoms with E-state index >= 15 is 0 Å². The maximum absolute atomic E-state index is 10.5. The van der Waals surface area contributed by atoms with Crippen LogP contribution in [-0.4, -0.2) is 17.6 Å². The largest absolute Gasteiger partial charge is 0.348 e. The Hall–Kier alpha value is -1.46. The van der Waals surface area contributed by atoms with Crippen molar-refractivity contribution in [2.24, 2.45) is 0 Å². The number of benzene rings is 1. The summed E-state index contributed by atoms with van der Waals surface area (Å²) in [7, 11) is 0. The fourth-order valence-corrected chi connectivity index (χ4v) is 1.59. The first-order valence-corrected chi connectivity index (χ1v) is 5.18. The highest BCUT2D eigenvalue weighted by Gasteiger charge is 2.21. The number of nitrogens with zero attached hydrogens (tertiary/aromatic N) is 1. The third kappa shape index (κ3) is 2.37. The van der Waals surface area contributed by atoms with E-state index in [0.717, 1.165) is 12.0 Å². The molecule has 0 N–H and O–H groups in total. The number of hydrogen-bond donors (Lipinski definition) is 0. The molecule has 2 rings (SSSR count). The van der Waals surface area contributed by atoms with Crippen LogP contribution < -0.4 is 0 Å². The Labute approximate surface area is 93.1 Å². The highest BCUT2D eigenvalue weighted by Crippen LogP contribution is 2.27. The number of nitro benzene ring substituents is 1. The molecule has 86 valence electrons. The van der Waals surface area contributed by atoms with Crippen LogP contribution in [0.25, 0.3) is 0 Å². The van der Waals surface area contributed by atoms with Crippen molar-refractivity contribution >= 4 is 5.69 Å². The Morgan fingerprint density at radius 2 is 2.06 bits per heavy atom. The summed E-state index contributed by atoms with van der Waals surface area (Å²) < 4.78 is 11.0. The van der Waals surface area contributed by atoms with Gasteiger partial charge in [-0.05, 0) is 25.5 Å². The number of nitro groups is 1. The molecule has 0 bridgehead atoms. The fraction of sp³-hybridized carbons (Fsp3) is 0.455. The van der Waals surface area contributed by atoms with Crippen molar-refractivity contribution in [2.45, 2.75) is 25.7 Å². The smallest absolute Gasteiger partial charge is 0.269 e. The van der Waals surface area contributed by atoms with Gasteiger partial charge in [-0.15, -0.1) is 0 Å². The Morgan fingerprint density at radius 1 is 1.38 bits per heavy atom. The number of non-ortho nitro benzene ring substituents is 1. The molecule has 0 amide bonds. The molecule has 0 aromatic heterocycles. The molecule has 5 nitrogen and oxygen atoms in total. The highest BCUT2D eigenvalue weighted by molar-refractivity contribution is 5.33. The standard InChI is InChI=1S/C11H13NO4/c1-8-6-7-15-11(16-8)9-2-4-10(5-3-9)12(13)14/h2-5,8,11H,6-7H2,1H3. The van der Waals surface area contributed by atoms with Gasteiger partial charge in [0.2, 0.25) is 0 Å². The third-order valence-electron chi connectivity index (χ3n) is 2.53. The van der Waals surface area contributed by atoms with Gasteiger partial charge in [-0.3, -0.25) is 10.1 Å². The van der Waals surface area contributed by atoms with Crippen molar-refractivity contribution < 1.29 is 14.4 Å². The molecule has 1 fully saturated rings. The molecule has 5 heteroatoms. The molecule has 1 aliphatic heterocycles. The lowest BCUT2D eigenvalue weighted by Gasteiger charge is -2.28. The van der Waals surface area contributed by atoms with Crippen molar-refractivity contribution in [2.75, 3.05) is 6.61 Å². The predicted octanol–water partition coefficient (Wildman–Crippen LogP) is 2.42. The van der Waals surface area contributed by atoms with Gasteiger partial charge in [-0.1, -0.05) is 0 Å². The molecule has 16 heavy (non-hydrogen) atoms. The van der Waals surface area contributed by atoms with Crippen LogP contribution in [0.4, 0.5) is 5.69 Å². The van der Waals surface area contributed by atoms with Crippen LogP contribution in [0, 0.1) is 10.1 Å². The molecule has 1 saturated heterocycles. The van der Waals surface area contributed by atoms with E-state index < -0.39 is 11.2 Å². The molecule has 1 aromatic carbocycles. The summed E-state index contributed by atoms with van der Waals surface area (Å²) in [4.78, 5) is 10.1. The normalized spacial score (nSPS) is 25.3. The molecule has 0 aliphatic carbocycles. The molecule has 2 atom stereocenters. The zero-order valence-electron chi connectivity index (χ0n) is 8.96. The summed E-state index contributed by atoms with van der Waals surface area (Å²) in [6.45, 7) is 2.64. The van der Waals surface area contributed by atoms with Crippen molar-refractivity contribution in [1.82, 2.24) is 0 Å². The topological polar surface area (TPSA) is 61.6 Å². The Balaban J connectivity index is 2.11. The zero-order valence-corrected chi connectivity index (χ0v) is 8.96. The van der Waals surface area contributed by atoms with Crippen LogP contribution in [0.2, 0.25) is 0 Å². The number of hydrogen-bond acceptors (Lipinski definition) is 4. The molecular weight excluding hydrogens is 210 g/mol. The second kappa shape index (κ2) is 4.59. The Morgan fingerprint density at radius 3 is 2.62 bits per heavy atom. The second-order valence-corrected chi connectivity index (χ2v) is 3.79. The maximum Gasteiger partial charge on any atom is 0.269 e. The van der Waals surface area contributed by atoms with E-state index in [-0.39, 0.29) is 11.8 Å². The van der Waals surface area contributed by atoms with Gasteiger partial charge in [0.05, 0.1) is 17.6 Å². The maximum atomic E-state index is 10.5. The second-order valence-electron chi connectivity index (χ2n) is 3.79. The third-order valence-corrected chi connectivity index (χ3v) is 2.53. The summed E-state index contributed by atoms with van der Waals surface area (Å²) in [5.74, 6) is 0. The van der Waals surface area contributed by atoms with Crippen molar-refractivity contribution in [3.05, 3.63) is 39.9 Å². The lowest BCUT2D eigenvalue weighted by Crippen LogP contribution is -2.24. The molecular formula is C11H13NO4. The average molecular weight is 223 g/mol. The first-order valence-electron chi connectivity index (χ1n) is 5.18. The lowest BCUT2D eigenvalue weighted by atomic mass is 10.2. The number of ether oxygens (including phenoxy) is 2. The average Bonchev–Trinajstić information content (AvgIpc) is 2.29. The van der Waals surface area contributed by atoms with Crippen LogP contribution in [0.5, 0.6) is 0 Å². The van der Waals surface area contributed by atoms with Gasteiger partial charge in [0, 0.05) is 17.7 Å². The first kappa shape index (κ1) is 11.0. The summed E-state index contributed by atoms with van der Waals surface area (Å²) in [5.41, 5.74) is 0.893. The summed E-state index contributed by atoms with van der Waals surface area (Å²) in [6.07, 6.45) is 0.641. The van der Waals surface area contributed by atoms with Crippen LogP contribution in [0.15, 0.2) is 24.3 Å². The summed E-state index contributed by atoms with van der Waals surface area (Å²) in [6, 6.07) is 6.25. The van der Waals surface area contributed by atoms with Gasteiger partial charge in [0.15, 0.2) is 6.29 Å². The quantitative estimate of drug-likeness (QED) is 0.570. The minimum absolute atomic E-state index is 0.0765. The molecule has 0 spiro atoms. The van der Waals surface area contributed by atoms with Crippen LogP contribution in [0.1, 0.15) is 25.2 Å². The van der Waals surface area contributed by atoms with E-state index in [2.05, 4.69) is 0 Å². The van der Waals surface area contributed by atoms with Crippen LogP contribution >= 0.6 is 0 Å². The minimum Gasteiger partial charge on any atom is -0.348 e. The predicted molar refractivity (Wildman–Crippen MR) is 57.0 cm³/mol. The van der Waals surface area contributed by atoms with E-state index in [4.69, 9.17) is 9.47 Å². The van der Waals surface area contributed by atoms with E-state index in [1.807, 2.05) is 6.92 Å². The van der Waals surface area contributed by atoms with Gasteiger partial charge in [-0.2, -0.15) is 0 Å². The van der Waals surface area contributed by atoms with E-state index in [1.54, 1.807) is 12.1 Å². The lowest BCUT2D eigenvalue weighted by molar-refractivity contribution is -0.384. The van der Waals surface area contributed by atoms with Gasteiger partial charge < -0.3 is 9.47 Å². The SMILES string of the molecule is CC1CCOC(c2ccc([N+](=O)[O-])cc2)O1. The van der Waals surface area contributed by atoms with Crippen LogP contribution in [-0.2, 0) is 9.47 Å². The number of rotatable bonds is 2. The highest BCUT2D eigenvalue weighted by atomic mass is 16.7. The van der Waals surface area contributed by atoms with Gasteiger partial charge in [-0.25, -0.2) is 0 Å². The first-order chi connectivity index (χ1) is 7.66. The van der Waals surface area contributed by atoms with Crippen LogP contribution in [0.3, 0.4) is 0 Å². The molecule has 2 unspecified atom stereocenters. The van der Waals surface area contributed by atoms with E-state index in [9.17, 15) is 10.1 Å². The molecule has 1 heterocycles. The van der Waals surface area contributed by atoms with E-state index in [1.165, 1.54) is 12.1 Å². The fourth-order valence-electron chi connectivity index (χ4n) is 1.59. The van der Waals surface area contributed by atoms with E-state index in [0.29, 0.717) is 6.61 Å². The molecule has 0 radical (unpaired) electrons. The molecule has 1 aliphatic rings. The van der Waals surface area contributed by atoms with Crippen molar-refractivity contribution in [3.63, 3.8) is 0 Å². The zero-order chi connectivity index (χ0) is 11.5. The van der Waals surface area contributed by atoms with Crippen molar-refractivity contribution in [3.8, 4) is 0 Å². The summed E-state index contributed by atoms with van der Waals surface area (Å²) in [5, 5.41) is 10.5.